The fourth-order valence-corrected chi connectivity index (χ4v) is 1.55. The number of hydrogen-bond acceptors (Lipinski definition) is 2. The summed E-state index contributed by atoms with van der Waals surface area (Å²) in [4.78, 5) is 24.3. The molecule has 13 heavy (non-hydrogen) atoms. The van der Waals surface area contributed by atoms with Crippen LogP contribution in [0.4, 0.5) is 0 Å². The highest BCUT2D eigenvalue weighted by atomic mass is 16.2. The van der Waals surface area contributed by atoms with Crippen LogP contribution in [0.3, 0.4) is 0 Å². The van der Waals surface area contributed by atoms with Gasteiger partial charge in [0, 0.05) is 19.5 Å². The van der Waals surface area contributed by atoms with Crippen molar-refractivity contribution < 1.29 is 9.59 Å². The van der Waals surface area contributed by atoms with Crippen molar-refractivity contribution in [2.24, 2.45) is 0 Å². The van der Waals surface area contributed by atoms with Crippen LogP contribution in [0.25, 0.3) is 0 Å². The molecule has 1 rings (SSSR count). The first-order valence-electron chi connectivity index (χ1n) is 4.77. The predicted molar refractivity (Wildman–Crippen MR) is 49.1 cm³/mol. The van der Waals surface area contributed by atoms with E-state index in [4.69, 9.17) is 0 Å². The molecule has 0 aromatic rings. The Balaban J connectivity index is 2.51. The molecule has 1 saturated heterocycles. The molecule has 0 saturated carbocycles. The zero-order valence-corrected chi connectivity index (χ0v) is 8.17. The number of amides is 2. The van der Waals surface area contributed by atoms with Gasteiger partial charge in [-0.05, 0) is 20.3 Å². The number of carbonyl (C=O) groups excluding carboxylic acids is 2. The van der Waals surface area contributed by atoms with E-state index in [2.05, 4.69) is 5.32 Å². The number of hydrogen-bond donors (Lipinski definition) is 1. The molecule has 4 nitrogen and oxygen atoms in total. The molecule has 1 atom stereocenters. The van der Waals surface area contributed by atoms with E-state index in [1.54, 1.807) is 4.90 Å². The highest BCUT2D eigenvalue weighted by Gasteiger charge is 2.29. The van der Waals surface area contributed by atoms with Crippen molar-refractivity contribution in [3.05, 3.63) is 0 Å². The Hall–Kier alpha value is -1.06. The summed E-state index contributed by atoms with van der Waals surface area (Å²) in [6, 6.07) is -0.271. The van der Waals surface area contributed by atoms with Crippen molar-refractivity contribution in [1.82, 2.24) is 10.2 Å². The largest absolute Gasteiger partial charge is 0.344 e. The Morgan fingerprint density at radius 3 is 2.54 bits per heavy atom. The van der Waals surface area contributed by atoms with Crippen LogP contribution in [-0.2, 0) is 9.59 Å². The Labute approximate surface area is 78.3 Å². The molecule has 1 aliphatic heterocycles. The standard InChI is InChI=1S/C9H16N2O2/c1-3-11(4-2)9(13)7-5-6-8(12)10-7/h7H,3-6H2,1-2H3,(H,10,12)/t7-/m1/s1. The van der Waals surface area contributed by atoms with Crippen LogP contribution >= 0.6 is 0 Å². The van der Waals surface area contributed by atoms with Gasteiger partial charge in [0.05, 0.1) is 0 Å². The van der Waals surface area contributed by atoms with Crippen LogP contribution < -0.4 is 5.32 Å². The molecule has 0 aromatic carbocycles. The molecular formula is C9H16N2O2. The average molecular weight is 184 g/mol. The van der Waals surface area contributed by atoms with E-state index in [9.17, 15) is 9.59 Å². The van der Waals surface area contributed by atoms with E-state index in [-0.39, 0.29) is 17.9 Å². The second-order valence-corrected chi connectivity index (χ2v) is 3.17. The maximum Gasteiger partial charge on any atom is 0.245 e. The van der Waals surface area contributed by atoms with Crippen molar-refractivity contribution in [2.45, 2.75) is 32.7 Å². The number of rotatable bonds is 3. The molecule has 74 valence electrons. The number of nitrogens with one attached hydrogen (secondary N) is 1. The third kappa shape index (κ3) is 2.20. The fourth-order valence-electron chi connectivity index (χ4n) is 1.55. The van der Waals surface area contributed by atoms with E-state index in [1.807, 2.05) is 13.8 Å². The van der Waals surface area contributed by atoms with Crippen LogP contribution in [0.1, 0.15) is 26.7 Å². The molecule has 1 fully saturated rings. The zero-order valence-electron chi connectivity index (χ0n) is 8.17. The topological polar surface area (TPSA) is 49.4 Å². The van der Waals surface area contributed by atoms with Crippen LogP contribution in [0.2, 0.25) is 0 Å². The minimum Gasteiger partial charge on any atom is -0.344 e. The summed E-state index contributed by atoms with van der Waals surface area (Å²) in [7, 11) is 0. The Kier molecular flexibility index (Phi) is 3.28. The van der Waals surface area contributed by atoms with Gasteiger partial charge in [0.2, 0.25) is 11.8 Å². The van der Waals surface area contributed by atoms with Gasteiger partial charge in [-0.2, -0.15) is 0 Å². The van der Waals surface area contributed by atoms with Gasteiger partial charge in [-0.25, -0.2) is 0 Å². The van der Waals surface area contributed by atoms with E-state index < -0.39 is 0 Å². The van der Waals surface area contributed by atoms with Gasteiger partial charge in [0.25, 0.3) is 0 Å². The molecular weight excluding hydrogens is 168 g/mol. The Bertz CT molecular complexity index is 212. The van der Waals surface area contributed by atoms with Crippen LogP contribution in [0, 0.1) is 0 Å². The van der Waals surface area contributed by atoms with E-state index in [0.29, 0.717) is 25.9 Å². The molecule has 1 heterocycles. The smallest absolute Gasteiger partial charge is 0.245 e. The van der Waals surface area contributed by atoms with Crippen molar-refractivity contribution >= 4 is 11.8 Å². The molecule has 0 aromatic heterocycles. The zero-order chi connectivity index (χ0) is 9.84. The third-order valence-corrected chi connectivity index (χ3v) is 2.37. The normalized spacial score (nSPS) is 21.4. The van der Waals surface area contributed by atoms with Crippen molar-refractivity contribution in [2.75, 3.05) is 13.1 Å². The number of likely N-dealkylation sites (N-methyl/N-ethyl adjacent to an activating group) is 1. The summed E-state index contributed by atoms with van der Waals surface area (Å²) in [5, 5.41) is 2.67. The quantitative estimate of drug-likeness (QED) is 0.678. The fraction of sp³-hybridized carbons (Fsp3) is 0.778. The van der Waals surface area contributed by atoms with E-state index in [1.165, 1.54) is 0 Å². The van der Waals surface area contributed by atoms with Gasteiger partial charge in [0.15, 0.2) is 0 Å². The van der Waals surface area contributed by atoms with E-state index >= 15 is 0 Å². The monoisotopic (exact) mass is 184 g/mol. The Morgan fingerprint density at radius 2 is 2.15 bits per heavy atom. The minimum atomic E-state index is -0.271. The lowest BCUT2D eigenvalue weighted by Gasteiger charge is -2.22. The molecule has 0 spiro atoms. The van der Waals surface area contributed by atoms with Gasteiger partial charge >= 0.3 is 0 Å². The number of carbonyl (C=O) groups is 2. The van der Waals surface area contributed by atoms with Crippen LogP contribution in [0.15, 0.2) is 0 Å². The van der Waals surface area contributed by atoms with Crippen molar-refractivity contribution in [3.8, 4) is 0 Å². The van der Waals surface area contributed by atoms with Gasteiger partial charge < -0.3 is 10.2 Å². The van der Waals surface area contributed by atoms with Crippen LogP contribution in [0.5, 0.6) is 0 Å². The lowest BCUT2D eigenvalue weighted by Crippen LogP contribution is -2.44. The molecule has 1 aliphatic rings. The predicted octanol–water partition coefficient (Wildman–Crippen LogP) is 0.133. The molecule has 4 heteroatoms. The van der Waals surface area contributed by atoms with Gasteiger partial charge in [-0.1, -0.05) is 0 Å². The van der Waals surface area contributed by atoms with Crippen molar-refractivity contribution in [1.29, 1.82) is 0 Å². The lowest BCUT2D eigenvalue weighted by atomic mass is 10.2. The van der Waals surface area contributed by atoms with Crippen molar-refractivity contribution in [3.63, 3.8) is 0 Å². The van der Waals surface area contributed by atoms with Gasteiger partial charge in [0.1, 0.15) is 6.04 Å². The summed E-state index contributed by atoms with van der Waals surface area (Å²) in [5.74, 6) is 0.0429. The molecule has 1 N–H and O–H groups in total. The summed E-state index contributed by atoms with van der Waals surface area (Å²) in [5.41, 5.74) is 0. The van der Waals surface area contributed by atoms with Gasteiger partial charge in [-0.3, -0.25) is 9.59 Å². The lowest BCUT2D eigenvalue weighted by molar-refractivity contribution is -0.134. The molecule has 0 aliphatic carbocycles. The highest BCUT2D eigenvalue weighted by molar-refractivity contribution is 5.90. The summed E-state index contributed by atoms with van der Waals surface area (Å²) in [6.07, 6.45) is 1.13. The molecule has 2 amide bonds. The maximum absolute atomic E-state index is 11.7. The summed E-state index contributed by atoms with van der Waals surface area (Å²) < 4.78 is 0. The van der Waals surface area contributed by atoms with E-state index in [0.717, 1.165) is 0 Å². The Morgan fingerprint density at radius 1 is 1.54 bits per heavy atom. The second-order valence-electron chi connectivity index (χ2n) is 3.17. The second kappa shape index (κ2) is 4.25. The summed E-state index contributed by atoms with van der Waals surface area (Å²) in [6.45, 7) is 5.31. The maximum atomic E-state index is 11.7. The summed E-state index contributed by atoms with van der Waals surface area (Å²) >= 11 is 0. The molecule has 0 unspecified atom stereocenters. The minimum absolute atomic E-state index is 0.00879. The molecule has 0 radical (unpaired) electrons. The highest BCUT2D eigenvalue weighted by Crippen LogP contribution is 2.09. The first kappa shape index (κ1) is 10.0. The van der Waals surface area contributed by atoms with Gasteiger partial charge in [-0.15, -0.1) is 0 Å². The number of nitrogens with zero attached hydrogens (tertiary/aromatic N) is 1. The first-order chi connectivity index (χ1) is 6.19. The first-order valence-corrected chi connectivity index (χ1v) is 4.77. The molecule has 0 bridgehead atoms. The SMILES string of the molecule is CCN(CC)C(=O)[C@H]1CCC(=O)N1. The average Bonchev–Trinajstić information content (AvgIpc) is 2.54. The third-order valence-electron chi connectivity index (χ3n) is 2.37. The van der Waals surface area contributed by atoms with Crippen LogP contribution in [-0.4, -0.2) is 35.8 Å².